The highest BCUT2D eigenvalue weighted by atomic mass is 35.5. The maximum absolute atomic E-state index is 12.2. The summed E-state index contributed by atoms with van der Waals surface area (Å²) in [6.07, 6.45) is 5.19. The summed E-state index contributed by atoms with van der Waals surface area (Å²) >= 11 is 6.01. The predicted molar refractivity (Wildman–Crippen MR) is 83.4 cm³/mol. The first-order valence-corrected chi connectivity index (χ1v) is 7.73. The SMILES string of the molecule is O=C(Cn1ccc2ccc(Cl)cc21)N[C@@H]1CCCC[C@H]1O. The van der Waals surface area contributed by atoms with E-state index in [2.05, 4.69) is 5.32 Å². The van der Waals surface area contributed by atoms with E-state index < -0.39 is 6.10 Å². The van der Waals surface area contributed by atoms with Gasteiger partial charge in [0.05, 0.1) is 12.1 Å². The molecule has 1 heterocycles. The van der Waals surface area contributed by atoms with E-state index in [1.807, 2.05) is 35.0 Å². The third kappa shape index (κ3) is 3.22. The monoisotopic (exact) mass is 306 g/mol. The van der Waals surface area contributed by atoms with Gasteiger partial charge in [-0.1, -0.05) is 30.5 Å². The molecular weight excluding hydrogens is 288 g/mol. The van der Waals surface area contributed by atoms with Crippen molar-refractivity contribution in [2.45, 2.75) is 44.4 Å². The van der Waals surface area contributed by atoms with E-state index in [0.29, 0.717) is 5.02 Å². The fourth-order valence-electron chi connectivity index (χ4n) is 2.98. The second-order valence-electron chi connectivity index (χ2n) is 5.67. The number of aliphatic hydroxyl groups excluding tert-OH is 1. The smallest absolute Gasteiger partial charge is 0.240 e. The van der Waals surface area contributed by atoms with Crippen LogP contribution in [0.3, 0.4) is 0 Å². The Bertz CT molecular complexity index is 653. The molecule has 1 aliphatic carbocycles. The number of aromatic nitrogens is 1. The average molecular weight is 307 g/mol. The Morgan fingerprint density at radius 1 is 1.33 bits per heavy atom. The summed E-state index contributed by atoms with van der Waals surface area (Å²) in [6.45, 7) is 0.243. The van der Waals surface area contributed by atoms with Gasteiger partial charge in [-0.15, -0.1) is 0 Å². The average Bonchev–Trinajstić information content (AvgIpc) is 2.84. The van der Waals surface area contributed by atoms with Gasteiger partial charge in [0.1, 0.15) is 6.54 Å². The van der Waals surface area contributed by atoms with Crippen molar-refractivity contribution in [1.29, 1.82) is 0 Å². The minimum absolute atomic E-state index is 0.0709. The third-order valence-corrected chi connectivity index (χ3v) is 4.36. The lowest BCUT2D eigenvalue weighted by molar-refractivity contribution is -0.123. The zero-order valence-electron chi connectivity index (χ0n) is 11.8. The molecule has 1 fully saturated rings. The molecule has 0 aliphatic heterocycles. The molecule has 0 bridgehead atoms. The highest BCUT2D eigenvalue weighted by Crippen LogP contribution is 2.21. The van der Waals surface area contributed by atoms with Crippen molar-refractivity contribution in [2.75, 3.05) is 0 Å². The maximum atomic E-state index is 12.2. The van der Waals surface area contributed by atoms with Crippen LogP contribution in [0.1, 0.15) is 25.7 Å². The van der Waals surface area contributed by atoms with Crippen LogP contribution in [0.15, 0.2) is 30.5 Å². The highest BCUT2D eigenvalue weighted by molar-refractivity contribution is 6.31. The Hall–Kier alpha value is -1.52. The number of nitrogens with zero attached hydrogens (tertiary/aromatic N) is 1. The number of hydrogen-bond acceptors (Lipinski definition) is 2. The number of amides is 1. The van der Waals surface area contributed by atoms with Gasteiger partial charge in [-0.2, -0.15) is 0 Å². The first-order valence-electron chi connectivity index (χ1n) is 7.35. The number of aliphatic hydroxyl groups is 1. The van der Waals surface area contributed by atoms with Gasteiger partial charge in [-0.3, -0.25) is 4.79 Å². The molecule has 1 saturated carbocycles. The fraction of sp³-hybridized carbons (Fsp3) is 0.438. The van der Waals surface area contributed by atoms with Crippen LogP contribution >= 0.6 is 11.6 Å². The molecule has 21 heavy (non-hydrogen) atoms. The number of fused-ring (bicyclic) bond motifs is 1. The van der Waals surface area contributed by atoms with Gasteiger partial charge in [0.2, 0.25) is 5.91 Å². The summed E-state index contributed by atoms with van der Waals surface area (Å²) in [4.78, 5) is 12.2. The van der Waals surface area contributed by atoms with Gasteiger partial charge in [0.15, 0.2) is 0 Å². The molecule has 0 saturated heterocycles. The largest absolute Gasteiger partial charge is 0.391 e. The van der Waals surface area contributed by atoms with Crippen molar-refractivity contribution in [2.24, 2.45) is 0 Å². The molecular formula is C16H19ClN2O2. The quantitative estimate of drug-likeness (QED) is 0.916. The lowest BCUT2D eigenvalue weighted by Crippen LogP contribution is -2.46. The van der Waals surface area contributed by atoms with Crippen LogP contribution in [0.4, 0.5) is 0 Å². The number of carbonyl (C=O) groups excluding carboxylic acids is 1. The number of benzene rings is 1. The molecule has 5 heteroatoms. The van der Waals surface area contributed by atoms with Crippen molar-refractivity contribution in [1.82, 2.24) is 9.88 Å². The normalized spacial score (nSPS) is 22.4. The van der Waals surface area contributed by atoms with Crippen LogP contribution in [0, 0.1) is 0 Å². The summed E-state index contributed by atoms with van der Waals surface area (Å²) < 4.78 is 1.88. The van der Waals surface area contributed by atoms with Gasteiger partial charge in [-0.05, 0) is 36.4 Å². The van der Waals surface area contributed by atoms with Gasteiger partial charge in [-0.25, -0.2) is 0 Å². The molecule has 1 aliphatic rings. The first-order chi connectivity index (χ1) is 10.1. The van der Waals surface area contributed by atoms with E-state index in [1.165, 1.54) is 0 Å². The number of nitrogens with one attached hydrogen (secondary N) is 1. The molecule has 4 nitrogen and oxygen atoms in total. The minimum atomic E-state index is -0.418. The first kappa shape index (κ1) is 14.4. The van der Waals surface area contributed by atoms with Gasteiger partial charge in [0.25, 0.3) is 0 Å². The van der Waals surface area contributed by atoms with Crippen molar-refractivity contribution in [3.8, 4) is 0 Å². The summed E-state index contributed by atoms with van der Waals surface area (Å²) in [5.41, 5.74) is 0.946. The summed E-state index contributed by atoms with van der Waals surface area (Å²) in [5.74, 6) is -0.0709. The van der Waals surface area contributed by atoms with Crippen molar-refractivity contribution >= 4 is 28.4 Å². The second kappa shape index (κ2) is 6.08. The number of rotatable bonds is 3. The van der Waals surface area contributed by atoms with E-state index in [1.54, 1.807) is 0 Å². The Balaban J connectivity index is 1.70. The Kier molecular flexibility index (Phi) is 4.17. The van der Waals surface area contributed by atoms with Crippen LogP contribution in [-0.4, -0.2) is 27.7 Å². The van der Waals surface area contributed by atoms with Gasteiger partial charge < -0.3 is 15.0 Å². The molecule has 2 atom stereocenters. The van der Waals surface area contributed by atoms with Gasteiger partial charge in [0, 0.05) is 16.7 Å². The maximum Gasteiger partial charge on any atom is 0.240 e. The predicted octanol–water partition coefficient (Wildman–Crippen LogP) is 2.71. The molecule has 1 amide bonds. The Morgan fingerprint density at radius 3 is 2.95 bits per heavy atom. The molecule has 2 N–H and O–H groups in total. The van der Waals surface area contributed by atoms with E-state index in [0.717, 1.165) is 36.6 Å². The summed E-state index contributed by atoms with van der Waals surface area (Å²) in [7, 11) is 0. The van der Waals surface area contributed by atoms with Gasteiger partial charge >= 0.3 is 0 Å². The zero-order chi connectivity index (χ0) is 14.8. The summed E-state index contributed by atoms with van der Waals surface area (Å²) in [6, 6.07) is 7.49. The second-order valence-corrected chi connectivity index (χ2v) is 6.11. The van der Waals surface area contributed by atoms with E-state index >= 15 is 0 Å². The zero-order valence-corrected chi connectivity index (χ0v) is 12.5. The van der Waals surface area contributed by atoms with E-state index in [-0.39, 0.29) is 18.5 Å². The van der Waals surface area contributed by atoms with E-state index in [4.69, 9.17) is 11.6 Å². The van der Waals surface area contributed by atoms with Crippen molar-refractivity contribution in [3.05, 3.63) is 35.5 Å². The molecule has 2 aromatic rings. The minimum Gasteiger partial charge on any atom is -0.391 e. The van der Waals surface area contributed by atoms with Crippen LogP contribution in [0.5, 0.6) is 0 Å². The van der Waals surface area contributed by atoms with Crippen LogP contribution in [0.25, 0.3) is 10.9 Å². The highest BCUT2D eigenvalue weighted by Gasteiger charge is 2.24. The molecule has 1 aromatic carbocycles. The molecule has 0 spiro atoms. The molecule has 112 valence electrons. The van der Waals surface area contributed by atoms with Crippen molar-refractivity contribution < 1.29 is 9.90 Å². The number of carbonyl (C=O) groups is 1. The fourth-order valence-corrected chi connectivity index (χ4v) is 3.15. The van der Waals surface area contributed by atoms with E-state index in [9.17, 15) is 9.90 Å². The number of hydrogen-bond donors (Lipinski definition) is 2. The lowest BCUT2D eigenvalue weighted by atomic mass is 9.92. The molecule has 1 aromatic heterocycles. The van der Waals surface area contributed by atoms with Crippen LogP contribution in [0.2, 0.25) is 5.02 Å². The van der Waals surface area contributed by atoms with Crippen LogP contribution < -0.4 is 5.32 Å². The molecule has 0 radical (unpaired) electrons. The lowest BCUT2D eigenvalue weighted by Gasteiger charge is -2.28. The van der Waals surface area contributed by atoms with Crippen LogP contribution in [-0.2, 0) is 11.3 Å². The summed E-state index contributed by atoms with van der Waals surface area (Å²) in [5, 5.41) is 14.6. The molecule has 0 unspecified atom stereocenters. The Morgan fingerprint density at radius 2 is 2.14 bits per heavy atom. The third-order valence-electron chi connectivity index (χ3n) is 4.13. The Labute approximate surface area is 128 Å². The van der Waals surface area contributed by atoms with Crippen molar-refractivity contribution in [3.63, 3.8) is 0 Å². The standard InChI is InChI=1S/C16H19ClN2O2/c17-12-6-5-11-7-8-19(14(11)9-12)10-16(21)18-13-3-1-2-4-15(13)20/h5-9,13,15,20H,1-4,10H2,(H,18,21)/t13-,15-/m1/s1. The molecule has 3 rings (SSSR count). The topological polar surface area (TPSA) is 54.3 Å². The number of halogens is 1.